The first-order chi connectivity index (χ1) is 16.5. The quantitative estimate of drug-likeness (QED) is 0.343. The molecule has 1 saturated heterocycles. The number of nitro groups is 2. The van der Waals surface area contributed by atoms with Crippen LogP contribution >= 0.6 is 0 Å². The minimum atomic E-state index is -0.447. The zero-order valence-electron chi connectivity index (χ0n) is 18.4. The first-order valence-electron chi connectivity index (χ1n) is 10.8. The van der Waals surface area contributed by atoms with E-state index in [2.05, 4.69) is 15.1 Å². The highest BCUT2D eigenvalue weighted by molar-refractivity contribution is 5.85. The predicted molar refractivity (Wildman–Crippen MR) is 129 cm³/mol. The van der Waals surface area contributed by atoms with Crippen LogP contribution in [-0.2, 0) is 4.74 Å². The molecule has 10 heteroatoms. The zero-order valence-corrected chi connectivity index (χ0v) is 18.4. The van der Waals surface area contributed by atoms with Gasteiger partial charge in [0, 0.05) is 43.1 Å². The van der Waals surface area contributed by atoms with Gasteiger partial charge in [0.1, 0.15) is 0 Å². The van der Waals surface area contributed by atoms with Gasteiger partial charge >= 0.3 is 0 Å². The van der Waals surface area contributed by atoms with Crippen LogP contribution in [0.2, 0.25) is 0 Å². The molecule has 0 spiro atoms. The lowest BCUT2D eigenvalue weighted by atomic mass is 10.1. The first-order valence-corrected chi connectivity index (χ1v) is 10.8. The van der Waals surface area contributed by atoms with Crippen molar-refractivity contribution in [1.29, 1.82) is 0 Å². The van der Waals surface area contributed by atoms with Crippen molar-refractivity contribution in [3.8, 4) is 0 Å². The summed E-state index contributed by atoms with van der Waals surface area (Å²) in [6, 6.07) is 12.7. The fourth-order valence-corrected chi connectivity index (χ4v) is 3.99. The van der Waals surface area contributed by atoms with Crippen LogP contribution in [-0.4, -0.2) is 53.5 Å². The molecule has 1 aliphatic heterocycles. The third kappa shape index (κ3) is 5.59. The summed E-state index contributed by atoms with van der Waals surface area (Å²) in [5.41, 5.74) is 4.79. The maximum absolute atomic E-state index is 11.1. The van der Waals surface area contributed by atoms with Crippen LogP contribution in [0.25, 0.3) is 6.08 Å². The second kappa shape index (κ2) is 10.6. The molecule has 174 valence electrons. The van der Waals surface area contributed by atoms with Gasteiger partial charge in [-0.1, -0.05) is 12.1 Å². The first kappa shape index (κ1) is 23.0. The average Bonchev–Trinajstić information content (AvgIpc) is 3.25. The molecular weight excluding hydrogens is 438 g/mol. The molecule has 10 nitrogen and oxygen atoms in total. The molecular formula is C24H23N5O5. The molecule has 0 N–H and O–H groups in total. The number of allylic oxidation sites excluding steroid dienone is 2. The average molecular weight is 461 g/mol. The summed E-state index contributed by atoms with van der Waals surface area (Å²) in [5, 5.41) is 30.2. The predicted octanol–water partition coefficient (Wildman–Crippen LogP) is 4.37. The molecule has 0 unspecified atom stereocenters. The third-order valence-electron chi connectivity index (χ3n) is 5.61. The highest BCUT2D eigenvalue weighted by atomic mass is 16.6. The third-order valence-corrected chi connectivity index (χ3v) is 5.61. The van der Waals surface area contributed by atoms with E-state index >= 15 is 0 Å². The van der Waals surface area contributed by atoms with Gasteiger partial charge in [-0.3, -0.25) is 20.2 Å². The van der Waals surface area contributed by atoms with Crippen LogP contribution in [0.4, 0.5) is 11.4 Å². The molecule has 2 aliphatic rings. The number of hydrogen-bond acceptors (Lipinski definition) is 8. The van der Waals surface area contributed by atoms with Gasteiger partial charge in [-0.15, -0.1) is 0 Å². The Hall–Kier alpha value is -4.18. The Morgan fingerprint density at radius 2 is 1.56 bits per heavy atom. The number of ether oxygens (including phenoxy) is 1. The van der Waals surface area contributed by atoms with Gasteiger partial charge in [0.05, 0.1) is 35.5 Å². The van der Waals surface area contributed by atoms with Gasteiger partial charge in [0.2, 0.25) is 0 Å². The van der Waals surface area contributed by atoms with E-state index < -0.39 is 9.85 Å². The van der Waals surface area contributed by atoms with Gasteiger partial charge in [-0.2, -0.15) is 10.2 Å². The highest BCUT2D eigenvalue weighted by Crippen LogP contribution is 2.35. The molecule has 0 amide bonds. The topological polar surface area (TPSA) is 123 Å². The van der Waals surface area contributed by atoms with E-state index in [0.29, 0.717) is 18.8 Å². The van der Waals surface area contributed by atoms with Crippen molar-refractivity contribution in [2.75, 3.05) is 26.3 Å². The number of rotatable bonds is 7. The zero-order chi connectivity index (χ0) is 23.9. The maximum Gasteiger partial charge on any atom is 0.270 e. The molecule has 0 radical (unpaired) electrons. The van der Waals surface area contributed by atoms with E-state index in [1.165, 1.54) is 18.2 Å². The van der Waals surface area contributed by atoms with E-state index in [4.69, 9.17) is 4.74 Å². The van der Waals surface area contributed by atoms with Crippen molar-refractivity contribution in [1.82, 2.24) is 4.90 Å². The lowest BCUT2D eigenvalue weighted by molar-refractivity contribution is -0.385. The van der Waals surface area contributed by atoms with Gasteiger partial charge in [-0.25, -0.2) is 0 Å². The smallest absolute Gasteiger partial charge is 0.270 e. The van der Waals surface area contributed by atoms with Crippen molar-refractivity contribution in [2.24, 2.45) is 10.2 Å². The lowest BCUT2D eigenvalue weighted by Gasteiger charge is -2.31. The van der Waals surface area contributed by atoms with E-state index in [9.17, 15) is 20.2 Å². The van der Waals surface area contributed by atoms with Gasteiger partial charge in [0.15, 0.2) is 0 Å². The summed E-state index contributed by atoms with van der Waals surface area (Å²) in [7, 11) is 0. The second-order valence-electron chi connectivity index (χ2n) is 7.83. The van der Waals surface area contributed by atoms with E-state index in [-0.39, 0.29) is 11.4 Å². The minimum Gasteiger partial charge on any atom is -0.378 e. The van der Waals surface area contributed by atoms with Crippen LogP contribution in [0.3, 0.4) is 0 Å². The molecule has 2 aromatic rings. The second-order valence-corrected chi connectivity index (χ2v) is 7.83. The van der Waals surface area contributed by atoms with Crippen LogP contribution in [0, 0.1) is 20.2 Å². The molecule has 0 aromatic heterocycles. The lowest BCUT2D eigenvalue weighted by Crippen LogP contribution is -2.36. The molecule has 2 aromatic carbocycles. The summed E-state index contributed by atoms with van der Waals surface area (Å²) in [5.74, 6) is 0. The van der Waals surface area contributed by atoms with Gasteiger partial charge in [-0.05, 0) is 53.3 Å². The number of hydrogen-bond donors (Lipinski definition) is 0. The van der Waals surface area contributed by atoms with Crippen molar-refractivity contribution >= 4 is 29.9 Å². The van der Waals surface area contributed by atoms with Crippen molar-refractivity contribution in [3.63, 3.8) is 0 Å². The fraction of sp³-hybridized carbons (Fsp3) is 0.250. The number of nitrogens with zero attached hydrogens (tertiary/aromatic N) is 5. The Balaban J connectivity index is 1.58. The van der Waals surface area contributed by atoms with E-state index in [1.54, 1.807) is 36.7 Å². The standard InChI is InChI=1S/C24H23N5O5/c30-28(31)22-8-4-18(5-9-22)16-25-26-17-21-7-6-20(24(21)27-10-12-34-13-11-27)14-19-2-1-3-23(15-19)29(32)33/h1-5,8-9,14-17H,6-7,10-13H2/b20-14+,25-16-,26-17-. The van der Waals surface area contributed by atoms with Gasteiger partial charge in [0.25, 0.3) is 11.4 Å². The summed E-state index contributed by atoms with van der Waals surface area (Å²) in [6.07, 6.45) is 6.86. The van der Waals surface area contributed by atoms with E-state index in [0.717, 1.165) is 48.3 Å². The number of benzene rings is 2. The molecule has 0 bridgehead atoms. The molecule has 34 heavy (non-hydrogen) atoms. The van der Waals surface area contributed by atoms with Crippen LogP contribution in [0.5, 0.6) is 0 Å². The summed E-state index contributed by atoms with van der Waals surface area (Å²) in [4.78, 5) is 23.3. The number of non-ortho nitro benzene ring substituents is 2. The number of morpholine rings is 1. The van der Waals surface area contributed by atoms with Gasteiger partial charge < -0.3 is 9.64 Å². The Morgan fingerprint density at radius 1 is 0.853 bits per heavy atom. The van der Waals surface area contributed by atoms with Crippen LogP contribution in [0.1, 0.15) is 24.0 Å². The Labute approximate surface area is 195 Å². The molecule has 4 rings (SSSR count). The highest BCUT2D eigenvalue weighted by Gasteiger charge is 2.25. The summed E-state index contributed by atoms with van der Waals surface area (Å²) >= 11 is 0. The Bertz CT molecular complexity index is 1190. The maximum atomic E-state index is 11.1. The molecule has 1 fully saturated rings. The number of nitro benzene ring substituents is 2. The van der Waals surface area contributed by atoms with Crippen molar-refractivity contribution < 1.29 is 14.6 Å². The Morgan fingerprint density at radius 3 is 2.26 bits per heavy atom. The molecule has 1 heterocycles. The van der Waals surface area contributed by atoms with Crippen molar-refractivity contribution in [3.05, 3.63) is 96.7 Å². The summed E-state index contributed by atoms with van der Waals surface area (Å²) < 4.78 is 5.50. The van der Waals surface area contributed by atoms with E-state index in [1.807, 2.05) is 12.1 Å². The molecule has 1 aliphatic carbocycles. The SMILES string of the molecule is O=[N+]([O-])c1ccc(/C=N\N=C/C2=C(N3CCOCC3)C(=C/c3cccc([N+](=O)[O-])c3)/CC2)cc1. The molecule has 0 saturated carbocycles. The normalized spacial score (nSPS) is 17.9. The van der Waals surface area contributed by atoms with Crippen molar-refractivity contribution in [2.45, 2.75) is 12.8 Å². The summed E-state index contributed by atoms with van der Waals surface area (Å²) in [6.45, 7) is 2.78. The monoisotopic (exact) mass is 461 g/mol. The largest absolute Gasteiger partial charge is 0.378 e. The van der Waals surface area contributed by atoms with Crippen LogP contribution in [0.15, 0.2) is 75.6 Å². The molecule has 0 atom stereocenters. The minimum absolute atomic E-state index is 0.0231. The fourth-order valence-electron chi connectivity index (χ4n) is 3.99. The Kier molecular flexibility index (Phi) is 7.19. The van der Waals surface area contributed by atoms with Crippen LogP contribution < -0.4 is 0 Å².